The summed E-state index contributed by atoms with van der Waals surface area (Å²) in [5.74, 6) is 0.877. The van der Waals surface area contributed by atoms with Gasteiger partial charge >= 0.3 is 0 Å². The van der Waals surface area contributed by atoms with Crippen LogP contribution < -0.4 is 10.6 Å². The van der Waals surface area contributed by atoms with E-state index in [0.29, 0.717) is 6.04 Å². The maximum Gasteiger partial charge on any atom is 0.191 e. The first kappa shape index (κ1) is 22.2. The standard InChI is InChI=1S/C19H30N6S.HI/c1-16-13-23-25(15-16)11-6-8-21-19(20-2)22-14-17(18-7-5-12-26-18)24-9-3-4-10-24;/h5,7,12-13,15,17H,3-4,6,8-11,14H2,1-2H3,(H2,20,21,22);1H. The van der Waals surface area contributed by atoms with Crippen molar-refractivity contribution in [3.8, 4) is 0 Å². The van der Waals surface area contributed by atoms with Gasteiger partial charge in [0, 0.05) is 37.8 Å². The zero-order chi connectivity index (χ0) is 18.2. The Morgan fingerprint density at radius 2 is 2.15 bits per heavy atom. The number of rotatable bonds is 8. The van der Waals surface area contributed by atoms with Crippen LogP contribution in [0.1, 0.15) is 35.7 Å². The Kier molecular flexibility index (Phi) is 9.57. The van der Waals surface area contributed by atoms with E-state index < -0.39 is 0 Å². The van der Waals surface area contributed by atoms with Gasteiger partial charge in [-0.3, -0.25) is 14.6 Å². The van der Waals surface area contributed by atoms with Gasteiger partial charge < -0.3 is 10.6 Å². The van der Waals surface area contributed by atoms with Gasteiger partial charge in [0.15, 0.2) is 5.96 Å². The van der Waals surface area contributed by atoms with Crippen LogP contribution in [0.4, 0.5) is 0 Å². The molecule has 0 bridgehead atoms. The van der Waals surface area contributed by atoms with Gasteiger partial charge in [-0.25, -0.2) is 0 Å². The normalized spacial score (nSPS) is 16.1. The number of likely N-dealkylation sites (tertiary alicyclic amines) is 1. The van der Waals surface area contributed by atoms with Crippen molar-refractivity contribution in [1.82, 2.24) is 25.3 Å². The predicted molar refractivity (Wildman–Crippen MR) is 124 cm³/mol. The van der Waals surface area contributed by atoms with Crippen molar-refractivity contribution in [1.29, 1.82) is 0 Å². The van der Waals surface area contributed by atoms with Crippen LogP contribution in [0, 0.1) is 6.92 Å². The van der Waals surface area contributed by atoms with E-state index in [2.05, 4.69) is 56.3 Å². The summed E-state index contributed by atoms with van der Waals surface area (Å²) in [4.78, 5) is 8.40. The van der Waals surface area contributed by atoms with Crippen molar-refractivity contribution in [2.24, 2.45) is 4.99 Å². The van der Waals surface area contributed by atoms with Gasteiger partial charge in [0.1, 0.15) is 0 Å². The molecule has 0 amide bonds. The van der Waals surface area contributed by atoms with Gasteiger partial charge in [0.25, 0.3) is 0 Å². The maximum absolute atomic E-state index is 4.37. The molecular weight excluding hydrogens is 471 g/mol. The highest BCUT2D eigenvalue weighted by atomic mass is 127. The lowest BCUT2D eigenvalue weighted by molar-refractivity contribution is 0.249. The molecule has 1 unspecified atom stereocenters. The van der Waals surface area contributed by atoms with Crippen molar-refractivity contribution in [3.05, 3.63) is 40.3 Å². The number of nitrogens with zero attached hydrogens (tertiary/aromatic N) is 4. The van der Waals surface area contributed by atoms with Crippen LogP contribution in [-0.4, -0.2) is 53.9 Å². The first-order chi connectivity index (χ1) is 12.8. The lowest BCUT2D eigenvalue weighted by atomic mass is 10.2. The Morgan fingerprint density at radius 3 is 2.78 bits per heavy atom. The number of halogens is 1. The predicted octanol–water partition coefficient (Wildman–Crippen LogP) is 3.26. The molecule has 2 N–H and O–H groups in total. The Labute approximate surface area is 183 Å². The molecule has 6 nitrogen and oxygen atoms in total. The molecule has 0 saturated carbocycles. The highest BCUT2D eigenvalue weighted by molar-refractivity contribution is 14.0. The number of guanidine groups is 1. The molecule has 1 fully saturated rings. The zero-order valence-corrected chi connectivity index (χ0v) is 19.4. The monoisotopic (exact) mass is 502 g/mol. The molecular formula is C19H31IN6S. The third kappa shape index (κ3) is 6.76. The van der Waals surface area contributed by atoms with E-state index in [1.165, 1.54) is 36.4 Å². The average Bonchev–Trinajstić information content (AvgIpc) is 3.40. The SMILES string of the molecule is CN=C(NCCCn1cc(C)cn1)NCC(c1cccs1)N1CCCC1.I. The number of thiophene rings is 1. The fraction of sp³-hybridized carbons (Fsp3) is 0.579. The quantitative estimate of drug-likeness (QED) is 0.252. The minimum atomic E-state index is 0. The molecule has 3 heterocycles. The molecule has 3 rings (SSSR count). The second kappa shape index (κ2) is 11.7. The summed E-state index contributed by atoms with van der Waals surface area (Å²) in [7, 11) is 1.84. The number of hydrogen-bond acceptors (Lipinski definition) is 4. The van der Waals surface area contributed by atoms with Crippen LogP contribution in [-0.2, 0) is 6.54 Å². The molecule has 1 saturated heterocycles. The van der Waals surface area contributed by atoms with E-state index in [9.17, 15) is 0 Å². The third-order valence-corrected chi connectivity index (χ3v) is 5.73. The van der Waals surface area contributed by atoms with Crippen LogP contribution >= 0.6 is 35.3 Å². The first-order valence-corrected chi connectivity index (χ1v) is 10.4. The maximum atomic E-state index is 4.37. The first-order valence-electron chi connectivity index (χ1n) is 9.47. The smallest absolute Gasteiger partial charge is 0.191 e. The summed E-state index contributed by atoms with van der Waals surface area (Å²) >= 11 is 1.85. The van der Waals surface area contributed by atoms with E-state index in [-0.39, 0.29) is 24.0 Å². The molecule has 2 aromatic rings. The Hall–Kier alpha value is -1.13. The molecule has 0 radical (unpaired) electrons. The number of aliphatic imine (C=N–C) groups is 1. The second-order valence-electron chi connectivity index (χ2n) is 6.79. The van der Waals surface area contributed by atoms with Crippen molar-refractivity contribution < 1.29 is 0 Å². The van der Waals surface area contributed by atoms with E-state index in [1.807, 2.05) is 29.3 Å². The van der Waals surface area contributed by atoms with Crippen LogP contribution in [0.5, 0.6) is 0 Å². The van der Waals surface area contributed by atoms with E-state index >= 15 is 0 Å². The zero-order valence-electron chi connectivity index (χ0n) is 16.2. The summed E-state index contributed by atoms with van der Waals surface area (Å²) in [5.41, 5.74) is 1.21. The number of nitrogens with one attached hydrogen (secondary N) is 2. The minimum absolute atomic E-state index is 0. The van der Waals surface area contributed by atoms with Crippen molar-refractivity contribution >= 4 is 41.3 Å². The highest BCUT2D eigenvalue weighted by Gasteiger charge is 2.24. The molecule has 1 aliphatic rings. The van der Waals surface area contributed by atoms with Gasteiger partial charge in [-0.1, -0.05) is 6.07 Å². The Morgan fingerprint density at radius 1 is 1.33 bits per heavy atom. The van der Waals surface area contributed by atoms with Crippen LogP contribution in [0.25, 0.3) is 0 Å². The average molecular weight is 502 g/mol. The topological polar surface area (TPSA) is 57.5 Å². The van der Waals surface area contributed by atoms with Crippen LogP contribution in [0.15, 0.2) is 34.9 Å². The van der Waals surface area contributed by atoms with Crippen molar-refractivity contribution in [2.45, 2.75) is 38.8 Å². The largest absolute Gasteiger partial charge is 0.356 e. The molecule has 1 atom stereocenters. The van der Waals surface area contributed by atoms with Crippen LogP contribution in [0.3, 0.4) is 0 Å². The molecule has 150 valence electrons. The van der Waals surface area contributed by atoms with Crippen molar-refractivity contribution in [2.75, 3.05) is 33.2 Å². The summed E-state index contributed by atoms with van der Waals surface area (Å²) in [5, 5.41) is 13.4. The molecule has 8 heteroatoms. The number of aromatic nitrogens is 2. The second-order valence-corrected chi connectivity index (χ2v) is 7.77. The molecule has 0 spiro atoms. The summed E-state index contributed by atoms with van der Waals surface area (Å²) in [6.07, 6.45) is 7.61. The lowest BCUT2D eigenvalue weighted by Crippen LogP contribution is -2.42. The fourth-order valence-electron chi connectivity index (χ4n) is 3.39. The lowest BCUT2D eigenvalue weighted by Gasteiger charge is -2.27. The molecule has 27 heavy (non-hydrogen) atoms. The molecule has 0 aliphatic carbocycles. The minimum Gasteiger partial charge on any atom is -0.356 e. The highest BCUT2D eigenvalue weighted by Crippen LogP contribution is 2.27. The van der Waals surface area contributed by atoms with E-state index in [4.69, 9.17) is 0 Å². The van der Waals surface area contributed by atoms with Gasteiger partial charge in [-0.15, -0.1) is 35.3 Å². The molecule has 1 aliphatic heterocycles. The molecule has 2 aromatic heterocycles. The van der Waals surface area contributed by atoms with Gasteiger partial charge in [-0.05, 0) is 56.3 Å². The third-order valence-electron chi connectivity index (χ3n) is 4.76. The van der Waals surface area contributed by atoms with E-state index in [0.717, 1.165) is 32.0 Å². The van der Waals surface area contributed by atoms with Crippen molar-refractivity contribution in [3.63, 3.8) is 0 Å². The number of hydrogen-bond donors (Lipinski definition) is 2. The van der Waals surface area contributed by atoms with E-state index in [1.54, 1.807) is 0 Å². The van der Waals surface area contributed by atoms with Gasteiger partial charge in [-0.2, -0.15) is 5.10 Å². The summed E-state index contributed by atoms with van der Waals surface area (Å²) in [6.45, 7) is 7.14. The summed E-state index contributed by atoms with van der Waals surface area (Å²) < 4.78 is 1.99. The summed E-state index contributed by atoms with van der Waals surface area (Å²) in [6, 6.07) is 4.83. The Bertz CT molecular complexity index is 678. The van der Waals surface area contributed by atoms with Gasteiger partial charge in [0.05, 0.1) is 12.2 Å². The Balaban J connectivity index is 0.00000261. The molecule has 0 aromatic carbocycles. The van der Waals surface area contributed by atoms with Crippen LogP contribution in [0.2, 0.25) is 0 Å². The fourth-order valence-corrected chi connectivity index (χ4v) is 4.26. The number of aryl methyl sites for hydroxylation is 2. The van der Waals surface area contributed by atoms with Gasteiger partial charge in [0.2, 0.25) is 0 Å².